The van der Waals surface area contributed by atoms with Crippen LogP contribution in [0.5, 0.6) is 0 Å². The second-order valence-electron chi connectivity index (χ2n) is 2.99. The first kappa shape index (κ1) is 13.2. The van der Waals surface area contributed by atoms with Gasteiger partial charge >= 0.3 is 6.18 Å². The van der Waals surface area contributed by atoms with Gasteiger partial charge in [0.25, 0.3) is 0 Å². The molecule has 8 heteroatoms. The summed E-state index contributed by atoms with van der Waals surface area (Å²) in [5, 5.41) is 0. The van der Waals surface area contributed by atoms with E-state index in [0.717, 1.165) is 12.1 Å². The number of aryl methyl sites for hydroxylation is 1. The van der Waals surface area contributed by atoms with Crippen molar-refractivity contribution in [1.29, 1.82) is 0 Å². The predicted octanol–water partition coefficient (Wildman–Crippen LogP) is 2.21. The molecule has 0 N–H and O–H groups in total. The Balaban J connectivity index is 2.97. The summed E-state index contributed by atoms with van der Waals surface area (Å²) in [5.41, 5.74) is -1.26. The molecule has 1 heterocycles. The van der Waals surface area contributed by atoms with Crippen molar-refractivity contribution in [3.05, 3.63) is 29.6 Å². The average molecular weight is 274 g/mol. The lowest BCUT2D eigenvalue weighted by Gasteiger charge is -2.10. The van der Waals surface area contributed by atoms with E-state index in [4.69, 9.17) is 10.7 Å². The van der Waals surface area contributed by atoms with Gasteiger partial charge in [0.1, 0.15) is 0 Å². The molecule has 16 heavy (non-hydrogen) atoms. The van der Waals surface area contributed by atoms with Crippen molar-refractivity contribution in [2.24, 2.45) is 0 Å². The van der Waals surface area contributed by atoms with Gasteiger partial charge in [-0.15, -0.1) is 0 Å². The van der Waals surface area contributed by atoms with Gasteiger partial charge in [-0.1, -0.05) is 0 Å². The molecule has 90 valence electrons. The maximum Gasteiger partial charge on any atom is 0.418 e. The molecule has 0 bridgehead atoms. The summed E-state index contributed by atoms with van der Waals surface area (Å²) in [6.45, 7) is 0. The molecule has 0 aromatic carbocycles. The summed E-state index contributed by atoms with van der Waals surface area (Å²) >= 11 is 0. The highest BCUT2D eigenvalue weighted by Crippen LogP contribution is 2.31. The van der Waals surface area contributed by atoms with Crippen molar-refractivity contribution < 1.29 is 21.6 Å². The Morgan fingerprint density at radius 2 is 2.00 bits per heavy atom. The van der Waals surface area contributed by atoms with E-state index in [9.17, 15) is 21.6 Å². The third-order valence-electron chi connectivity index (χ3n) is 1.78. The van der Waals surface area contributed by atoms with Crippen LogP contribution in [0.2, 0.25) is 0 Å². The Kier molecular flexibility index (Phi) is 3.80. The van der Waals surface area contributed by atoms with E-state index in [1.54, 1.807) is 0 Å². The maximum atomic E-state index is 12.4. The van der Waals surface area contributed by atoms with Crippen molar-refractivity contribution in [1.82, 2.24) is 4.98 Å². The fourth-order valence-corrected chi connectivity index (χ4v) is 1.78. The molecule has 0 amide bonds. The molecular weight excluding hydrogens is 267 g/mol. The molecule has 0 atom stereocenters. The summed E-state index contributed by atoms with van der Waals surface area (Å²) in [7, 11) is 1.09. The number of hydrogen-bond donors (Lipinski definition) is 0. The highest BCUT2D eigenvalue weighted by Gasteiger charge is 2.33. The number of pyridine rings is 1. The van der Waals surface area contributed by atoms with Crippen LogP contribution in [-0.2, 0) is 21.6 Å². The SMILES string of the molecule is O=S(=O)(Cl)CCc1ncccc1C(F)(F)F. The van der Waals surface area contributed by atoms with Crippen molar-refractivity contribution in [2.75, 3.05) is 5.75 Å². The molecule has 0 aliphatic heterocycles. The van der Waals surface area contributed by atoms with Gasteiger partial charge in [0, 0.05) is 23.3 Å². The van der Waals surface area contributed by atoms with Gasteiger partial charge in [0.05, 0.1) is 17.0 Å². The van der Waals surface area contributed by atoms with Crippen LogP contribution < -0.4 is 0 Å². The molecule has 0 aliphatic carbocycles. The van der Waals surface area contributed by atoms with Gasteiger partial charge in [0.15, 0.2) is 0 Å². The topological polar surface area (TPSA) is 47.0 Å². The van der Waals surface area contributed by atoms with Crippen molar-refractivity contribution in [2.45, 2.75) is 12.6 Å². The van der Waals surface area contributed by atoms with Crippen LogP contribution in [0.3, 0.4) is 0 Å². The van der Waals surface area contributed by atoms with Crippen LogP contribution in [0.4, 0.5) is 13.2 Å². The average Bonchev–Trinajstić information content (AvgIpc) is 2.12. The Hall–Kier alpha value is -0.820. The lowest BCUT2D eigenvalue weighted by Crippen LogP contribution is -2.13. The van der Waals surface area contributed by atoms with Crippen LogP contribution >= 0.6 is 10.7 Å². The minimum atomic E-state index is -4.54. The summed E-state index contributed by atoms with van der Waals surface area (Å²) < 4.78 is 58.6. The predicted molar refractivity (Wildman–Crippen MR) is 52.6 cm³/mol. The first-order valence-electron chi connectivity index (χ1n) is 4.13. The van der Waals surface area contributed by atoms with Gasteiger partial charge in [-0.3, -0.25) is 4.98 Å². The van der Waals surface area contributed by atoms with E-state index in [1.807, 2.05) is 0 Å². The van der Waals surface area contributed by atoms with Gasteiger partial charge in [-0.2, -0.15) is 13.2 Å². The smallest absolute Gasteiger partial charge is 0.261 e. The normalized spacial score (nSPS) is 12.8. The van der Waals surface area contributed by atoms with E-state index < -0.39 is 26.5 Å². The van der Waals surface area contributed by atoms with Crippen molar-refractivity contribution in [3.8, 4) is 0 Å². The molecule has 0 spiro atoms. The zero-order valence-electron chi connectivity index (χ0n) is 7.83. The fourth-order valence-electron chi connectivity index (χ4n) is 1.11. The second kappa shape index (κ2) is 4.58. The highest BCUT2D eigenvalue weighted by atomic mass is 35.7. The zero-order chi connectivity index (χ0) is 12.4. The Morgan fingerprint density at radius 3 is 2.50 bits per heavy atom. The molecule has 0 aliphatic rings. The molecule has 3 nitrogen and oxygen atoms in total. The standard InChI is InChI=1S/C8H7ClF3NO2S/c9-16(14,15)5-3-7-6(8(10,11)12)2-1-4-13-7/h1-2,4H,3,5H2. The van der Waals surface area contributed by atoms with E-state index in [-0.39, 0.29) is 12.1 Å². The Bertz CT molecular complexity index is 472. The quantitative estimate of drug-likeness (QED) is 0.793. The minimum absolute atomic E-state index is 0.320. The van der Waals surface area contributed by atoms with Crippen LogP contribution in [0, 0.1) is 0 Å². The number of nitrogens with zero attached hydrogens (tertiary/aromatic N) is 1. The fraction of sp³-hybridized carbons (Fsp3) is 0.375. The number of hydrogen-bond acceptors (Lipinski definition) is 3. The summed E-state index contributed by atoms with van der Waals surface area (Å²) in [6, 6.07) is 1.99. The van der Waals surface area contributed by atoms with E-state index in [0.29, 0.717) is 0 Å². The number of rotatable bonds is 3. The van der Waals surface area contributed by atoms with Crippen molar-refractivity contribution in [3.63, 3.8) is 0 Å². The first-order valence-corrected chi connectivity index (χ1v) is 6.61. The lowest BCUT2D eigenvalue weighted by atomic mass is 10.1. The molecule has 0 unspecified atom stereocenters. The van der Waals surface area contributed by atoms with Crippen LogP contribution in [0.25, 0.3) is 0 Å². The largest absolute Gasteiger partial charge is 0.418 e. The zero-order valence-corrected chi connectivity index (χ0v) is 9.40. The molecule has 0 fully saturated rings. The monoisotopic (exact) mass is 273 g/mol. The molecule has 1 rings (SSSR count). The molecule has 0 saturated carbocycles. The van der Waals surface area contributed by atoms with E-state index >= 15 is 0 Å². The van der Waals surface area contributed by atoms with Crippen LogP contribution in [0.15, 0.2) is 18.3 Å². The maximum absolute atomic E-state index is 12.4. The molecule has 1 aromatic rings. The summed E-state index contributed by atoms with van der Waals surface area (Å²) in [5.74, 6) is -0.575. The van der Waals surface area contributed by atoms with Gasteiger partial charge in [-0.25, -0.2) is 8.42 Å². The second-order valence-corrected chi connectivity index (χ2v) is 5.88. The minimum Gasteiger partial charge on any atom is -0.261 e. The van der Waals surface area contributed by atoms with Gasteiger partial charge in [-0.05, 0) is 12.1 Å². The van der Waals surface area contributed by atoms with Crippen LogP contribution in [0.1, 0.15) is 11.3 Å². The van der Waals surface area contributed by atoms with Crippen LogP contribution in [-0.4, -0.2) is 19.2 Å². The third-order valence-corrected chi connectivity index (χ3v) is 2.93. The molecule has 0 radical (unpaired) electrons. The number of alkyl halides is 3. The number of aromatic nitrogens is 1. The third kappa shape index (κ3) is 3.97. The number of halogens is 4. The van der Waals surface area contributed by atoms with E-state index in [1.165, 1.54) is 6.20 Å². The highest BCUT2D eigenvalue weighted by molar-refractivity contribution is 8.13. The summed E-state index contributed by atoms with van der Waals surface area (Å²) in [4.78, 5) is 3.51. The Morgan fingerprint density at radius 1 is 1.38 bits per heavy atom. The lowest BCUT2D eigenvalue weighted by molar-refractivity contribution is -0.138. The van der Waals surface area contributed by atoms with Crippen molar-refractivity contribution >= 4 is 19.7 Å². The summed E-state index contributed by atoms with van der Waals surface area (Å²) in [6.07, 6.45) is -3.73. The van der Waals surface area contributed by atoms with E-state index in [2.05, 4.69) is 4.98 Å². The Labute approximate surface area is 94.7 Å². The van der Waals surface area contributed by atoms with Gasteiger partial charge < -0.3 is 0 Å². The molecular formula is C8H7ClF3NO2S. The molecule has 1 aromatic heterocycles. The first-order chi connectivity index (χ1) is 7.20. The van der Waals surface area contributed by atoms with Gasteiger partial charge in [0.2, 0.25) is 9.05 Å². The molecule has 0 saturated heterocycles.